The van der Waals surface area contributed by atoms with E-state index in [9.17, 15) is 9.18 Å². The van der Waals surface area contributed by atoms with Crippen molar-refractivity contribution < 1.29 is 23.4 Å². The summed E-state index contributed by atoms with van der Waals surface area (Å²) in [6, 6.07) is 8.38. The third-order valence-corrected chi connectivity index (χ3v) is 4.05. The van der Waals surface area contributed by atoms with E-state index in [1.165, 1.54) is 6.07 Å². The zero-order valence-electron chi connectivity index (χ0n) is 15.7. The maximum Gasteiger partial charge on any atom is 0.310 e. The van der Waals surface area contributed by atoms with Gasteiger partial charge in [-0.05, 0) is 55.7 Å². The van der Waals surface area contributed by atoms with E-state index in [1.807, 2.05) is 20.8 Å². The third-order valence-electron chi connectivity index (χ3n) is 4.05. The fourth-order valence-corrected chi connectivity index (χ4v) is 2.61. The van der Waals surface area contributed by atoms with Crippen LogP contribution in [0.1, 0.15) is 43.9 Å². The van der Waals surface area contributed by atoms with Crippen LogP contribution < -0.4 is 14.2 Å². The smallest absolute Gasteiger partial charge is 0.310 e. The zero-order chi connectivity index (χ0) is 19.1. The van der Waals surface area contributed by atoms with E-state index in [4.69, 9.17) is 14.2 Å². The highest BCUT2D eigenvalue weighted by atomic mass is 19.1. The Labute approximate surface area is 153 Å². The lowest BCUT2D eigenvalue weighted by Gasteiger charge is -2.16. The summed E-state index contributed by atoms with van der Waals surface area (Å²) in [5.41, 5.74) is 2.49. The molecule has 0 heterocycles. The molecular formula is C21H25FO4. The number of ether oxygens (including phenoxy) is 3. The fourth-order valence-electron chi connectivity index (χ4n) is 2.61. The molecule has 0 unspecified atom stereocenters. The zero-order valence-corrected chi connectivity index (χ0v) is 15.7. The number of carbonyl (C=O) groups excluding carboxylic acids is 1. The Hall–Kier alpha value is -2.56. The summed E-state index contributed by atoms with van der Waals surface area (Å²) in [5, 5.41) is 0. The van der Waals surface area contributed by atoms with Crippen LogP contribution in [-0.2, 0) is 17.8 Å². The predicted octanol–water partition coefficient (Wildman–Crippen LogP) is 4.99. The van der Waals surface area contributed by atoms with Crippen molar-refractivity contribution in [3.05, 3.63) is 52.8 Å². The Morgan fingerprint density at radius 2 is 1.77 bits per heavy atom. The summed E-state index contributed by atoms with van der Waals surface area (Å²) in [5.74, 6) is 0.322. The molecule has 0 spiro atoms. The molecule has 0 atom stereocenters. The normalized spacial score (nSPS) is 10.5. The Kier molecular flexibility index (Phi) is 7.01. The van der Waals surface area contributed by atoms with E-state index in [1.54, 1.807) is 31.2 Å². The largest absolute Gasteiger partial charge is 0.493 e. The maximum atomic E-state index is 14.3. The average molecular weight is 360 g/mol. The topological polar surface area (TPSA) is 44.8 Å². The molecule has 0 aliphatic rings. The van der Waals surface area contributed by atoms with Crippen LogP contribution in [0.4, 0.5) is 4.39 Å². The molecule has 5 heteroatoms. The monoisotopic (exact) mass is 360 g/mol. The first-order valence-electron chi connectivity index (χ1n) is 8.87. The summed E-state index contributed by atoms with van der Waals surface area (Å²) in [4.78, 5) is 11.7. The van der Waals surface area contributed by atoms with Gasteiger partial charge in [0.1, 0.15) is 18.1 Å². The van der Waals surface area contributed by atoms with Crippen molar-refractivity contribution >= 4 is 5.97 Å². The lowest BCUT2D eigenvalue weighted by atomic mass is 10.1. The molecule has 0 N–H and O–H groups in total. The van der Waals surface area contributed by atoms with Crippen LogP contribution in [0.15, 0.2) is 30.3 Å². The maximum absolute atomic E-state index is 14.3. The number of hydrogen-bond acceptors (Lipinski definition) is 4. The molecule has 0 aliphatic carbocycles. The number of aryl methyl sites for hydroxylation is 2. The van der Waals surface area contributed by atoms with E-state index < -0.39 is 5.82 Å². The van der Waals surface area contributed by atoms with Crippen LogP contribution in [0.3, 0.4) is 0 Å². The molecular weight excluding hydrogens is 335 g/mol. The van der Waals surface area contributed by atoms with Gasteiger partial charge in [0.25, 0.3) is 0 Å². The van der Waals surface area contributed by atoms with E-state index in [0.29, 0.717) is 23.7 Å². The Balaban J connectivity index is 2.30. The fraction of sp³-hybridized carbons (Fsp3) is 0.381. The Morgan fingerprint density at radius 3 is 2.42 bits per heavy atom. The molecule has 0 fully saturated rings. The molecule has 0 saturated carbocycles. The molecule has 26 heavy (non-hydrogen) atoms. The van der Waals surface area contributed by atoms with Gasteiger partial charge in [0.15, 0.2) is 11.6 Å². The summed E-state index contributed by atoms with van der Waals surface area (Å²) in [6.07, 6.45) is 1.01. The number of rotatable bonds is 8. The van der Waals surface area contributed by atoms with Crippen LogP contribution in [0.2, 0.25) is 0 Å². The third kappa shape index (κ3) is 4.75. The van der Waals surface area contributed by atoms with Crippen molar-refractivity contribution in [3.8, 4) is 17.2 Å². The quantitative estimate of drug-likeness (QED) is 0.491. The van der Waals surface area contributed by atoms with E-state index in [0.717, 1.165) is 17.5 Å². The van der Waals surface area contributed by atoms with Crippen LogP contribution in [0.25, 0.3) is 0 Å². The Morgan fingerprint density at radius 1 is 1.04 bits per heavy atom. The van der Waals surface area contributed by atoms with E-state index >= 15 is 0 Å². The standard InChI is InChI=1S/C21H25FO4/c1-5-15-12-17(22)20(11-14(15)4)25-13-16-18(24-7-3)9-8-10-19(16)26-21(23)6-2/h8-12H,5-7,13H2,1-4H3. The van der Waals surface area contributed by atoms with Gasteiger partial charge in [-0.1, -0.05) is 19.9 Å². The molecule has 0 radical (unpaired) electrons. The summed E-state index contributed by atoms with van der Waals surface area (Å²) in [7, 11) is 0. The summed E-state index contributed by atoms with van der Waals surface area (Å²) < 4.78 is 31.0. The number of carbonyl (C=O) groups is 1. The minimum atomic E-state index is -0.409. The van der Waals surface area contributed by atoms with E-state index in [2.05, 4.69) is 0 Å². The number of hydrogen-bond donors (Lipinski definition) is 0. The van der Waals surface area contributed by atoms with Crippen LogP contribution in [-0.4, -0.2) is 12.6 Å². The van der Waals surface area contributed by atoms with Crippen molar-refractivity contribution in [2.45, 2.75) is 47.1 Å². The molecule has 0 aromatic heterocycles. The van der Waals surface area contributed by atoms with Crippen LogP contribution in [0, 0.1) is 12.7 Å². The van der Waals surface area contributed by atoms with Crippen molar-refractivity contribution in [3.63, 3.8) is 0 Å². The van der Waals surface area contributed by atoms with Gasteiger partial charge >= 0.3 is 5.97 Å². The van der Waals surface area contributed by atoms with Crippen molar-refractivity contribution in [2.24, 2.45) is 0 Å². The minimum Gasteiger partial charge on any atom is -0.493 e. The van der Waals surface area contributed by atoms with Crippen LogP contribution >= 0.6 is 0 Å². The first-order valence-corrected chi connectivity index (χ1v) is 8.87. The van der Waals surface area contributed by atoms with Gasteiger partial charge in [-0.15, -0.1) is 0 Å². The second-order valence-electron chi connectivity index (χ2n) is 5.84. The second kappa shape index (κ2) is 9.22. The molecule has 2 aromatic carbocycles. The van der Waals surface area contributed by atoms with Crippen molar-refractivity contribution in [1.82, 2.24) is 0 Å². The van der Waals surface area contributed by atoms with Gasteiger partial charge in [-0.2, -0.15) is 0 Å². The molecule has 2 aromatic rings. The lowest BCUT2D eigenvalue weighted by molar-refractivity contribution is -0.134. The van der Waals surface area contributed by atoms with Gasteiger partial charge in [0.05, 0.1) is 12.2 Å². The van der Waals surface area contributed by atoms with Gasteiger partial charge in [0.2, 0.25) is 0 Å². The molecule has 2 rings (SSSR count). The average Bonchev–Trinajstić information content (AvgIpc) is 2.63. The molecule has 0 bridgehead atoms. The number of benzene rings is 2. The summed E-state index contributed by atoms with van der Waals surface area (Å²) in [6.45, 7) is 7.98. The summed E-state index contributed by atoms with van der Waals surface area (Å²) >= 11 is 0. The number of halogens is 1. The molecule has 0 amide bonds. The molecule has 0 saturated heterocycles. The predicted molar refractivity (Wildman–Crippen MR) is 98.4 cm³/mol. The Bertz CT molecular complexity index is 771. The second-order valence-corrected chi connectivity index (χ2v) is 5.84. The first-order chi connectivity index (χ1) is 12.5. The molecule has 0 aliphatic heterocycles. The first kappa shape index (κ1) is 19.8. The SMILES string of the molecule is CCOc1cccc(OC(=O)CC)c1COc1cc(C)c(CC)cc1F. The van der Waals surface area contributed by atoms with Crippen molar-refractivity contribution in [2.75, 3.05) is 6.61 Å². The van der Waals surface area contributed by atoms with Crippen molar-refractivity contribution in [1.29, 1.82) is 0 Å². The van der Waals surface area contributed by atoms with Gasteiger partial charge < -0.3 is 14.2 Å². The van der Waals surface area contributed by atoms with Gasteiger partial charge in [-0.3, -0.25) is 4.79 Å². The molecule has 140 valence electrons. The van der Waals surface area contributed by atoms with Gasteiger partial charge in [-0.25, -0.2) is 4.39 Å². The highest BCUT2D eigenvalue weighted by Gasteiger charge is 2.16. The highest BCUT2D eigenvalue weighted by molar-refractivity contribution is 5.72. The number of esters is 1. The molecule has 4 nitrogen and oxygen atoms in total. The minimum absolute atomic E-state index is 0.0321. The van der Waals surface area contributed by atoms with Crippen LogP contribution in [0.5, 0.6) is 17.2 Å². The highest BCUT2D eigenvalue weighted by Crippen LogP contribution is 2.31. The lowest BCUT2D eigenvalue weighted by Crippen LogP contribution is -2.10. The van der Waals surface area contributed by atoms with E-state index in [-0.39, 0.29) is 24.7 Å². The van der Waals surface area contributed by atoms with Gasteiger partial charge in [0, 0.05) is 6.42 Å².